The van der Waals surface area contributed by atoms with Gasteiger partial charge in [0.25, 0.3) is 0 Å². The van der Waals surface area contributed by atoms with Crippen molar-refractivity contribution < 1.29 is 0 Å². The second-order valence-corrected chi connectivity index (χ2v) is 11.9. The maximum atomic E-state index is 8.68. The summed E-state index contributed by atoms with van der Waals surface area (Å²) in [5.74, 6) is 2.33. The Hall–Kier alpha value is -0.723. The lowest BCUT2D eigenvalue weighted by molar-refractivity contribution is 1.34. The highest BCUT2D eigenvalue weighted by molar-refractivity contribution is 7.98. The molecule has 1 nitrogen and oxygen atoms in total. The van der Waals surface area contributed by atoms with Crippen LogP contribution in [0.1, 0.15) is 11.1 Å². The predicted octanol–water partition coefficient (Wildman–Crippen LogP) is 4.13. The van der Waals surface area contributed by atoms with Crippen LogP contribution in [0.2, 0.25) is 25.7 Å². The average Bonchev–Trinajstić information content (AvgIpc) is 2.24. The summed E-state index contributed by atoms with van der Waals surface area (Å²) in [5, 5.41) is 8.68. The fourth-order valence-corrected chi connectivity index (χ4v) is 4.84. The van der Waals surface area contributed by atoms with Crippen molar-refractivity contribution in [3.05, 3.63) is 35.4 Å². The predicted molar refractivity (Wildman–Crippen MR) is 75.5 cm³/mol. The minimum Gasteiger partial charge on any atom is -0.192 e. The van der Waals surface area contributed by atoms with E-state index < -0.39 is 8.07 Å². The van der Waals surface area contributed by atoms with E-state index in [0.717, 1.165) is 11.3 Å². The largest absolute Gasteiger partial charge is 0.192 e. The molecule has 0 aliphatic carbocycles. The van der Waals surface area contributed by atoms with Gasteiger partial charge in [-0.3, -0.25) is 0 Å². The molecule has 86 valence electrons. The summed E-state index contributed by atoms with van der Waals surface area (Å²) < 4.78 is 0. The normalized spacial score (nSPS) is 11.1. The van der Waals surface area contributed by atoms with E-state index >= 15 is 0 Å². The molecule has 0 N–H and O–H groups in total. The van der Waals surface area contributed by atoms with Crippen LogP contribution in [-0.4, -0.2) is 13.8 Å². The van der Waals surface area contributed by atoms with E-state index in [1.165, 1.54) is 17.4 Å². The van der Waals surface area contributed by atoms with Crippen LogP contribution in [0.5, 0.6) is 0 Å². The van der Waals surface area contributed by atoms with Crippen LogP contribution in [0.25, 0.3) is 0 Å². The Kier molecular flexibility index (Phi) is 5.10. The van der Waals surface area contributed by atoms with E-state index in [-0.39, 0.29) is 0 Å². The maximum absolute atomic E-state index is 8.68. The molecule has 3 heteroatoms. The van der Waals surface area contributed by atoms with Gasteiger partial charge in [-0.1, -0.05) is 31.8 Å². The lowest BCUT2D eigenvalue weighted by atomic mass is 10.2. The van der Waals surface area contributed by atoms with E-state index in [9.17, 15) is 0 Å². The molecule has 0 saturated carbocycles. The van der Waals surface area contributed by atoms with E-state index in [1.54, 1.807) is 0 Å². The Balaban J connectivity index is 2.30. The molecule has 0 aliphatic heterocycles. The summed E-state index contributed by atoms with van der Waals surface area (Å²) in [4.78, 5) is 0. The average molecular weight is 249 g/mol. The molecular formula is C13H19NSSi. The highest BCUT2D eigenvalue weighted by Crippen LogP contribution is 2.18. The summed E-state index contributed by atoms with van der Waals surface area (Å²) in [7, 11) is -0.874. The standard InChI is InChI=1S/C13H19NSSi/c1-16(2,3)9-8-15-11-13-6-4-12(10-14)5-7-13/h4-7H,8-9,11H2,1-3H3. The number of rotatable bonds is 5. The van der Waals surface area contributed by atoms with Gasteiger partial charge in [0.1, 0.15) is 0 Å². The van der Waals surface area contributed by atoms with Crippen molar-refractivity contribution in [1.82, 2.24) is 0 Å². The number of benzene rings is 1. The number of nitrogens with zero attached hydrogens (tertiary/aromatic N) is 1. The zero-order valence-electron chi connectivity index (χ0n) is 10.3. The lowest BCUT2D eigenvalue weighted by Crippen LogP contribution is -2.19. The third-order valence-corrected chi connectivity index (χ3v) is 5.49. The molecule has 0 aliphatic rings. The minimum atomic E-state index is -0.874. The molecule has 1 aromatic carbocycles. The highest BCUT2D eigenvalue weighted by atomic mass is 32.2. The molecule has 0 radical (unpaired) electrons. The zero-order valence-corrected chi connectivity index (χ0v) is 12.1. The highest BCUT2D eigenvalue weighted by Gasteiger charge is 2.11. The van der Waals surface area contributed by atoms with Crippen LogP contribution >= 0.6 is 11.8 Å². The summed E-state index contributed by atoms with van der Waals surface area (Å²) >= 11 is 2.00. The van der Waals surface area contributed by atoms with Gasteiger partial charge < -0.3 is 0 Å². The van der Waals surface area contributed by atoms with Gasteiger partial charge in [-0.15, -0.1) is 0 Å². The molecule has 1 aromatic rings. The molecule has 0 amide bonds. The third-order valence-electron chi connectivity index (χ3n) is 2.35. The molecule has 0 heterocycles. The molecule has 0 fully saturated rings. The Bertz CT molecular complexity index is 359. The fraction of sp³-hybridized carbons (Fsp3) is 0.462. The van der Waals surface area contributed by atoms with Crippen molar-refractivity contribution in [1.29, 1.82) is 5.26 Å². The minimum absolute atomic E-state index is 0.746. The molecule has 16 heavy (non-hydrogen) atoms. The first-order valence-electron chi connectivity index (χ1n) is 5.58. The Labute approximate surface area is 104 Å². The van der Waals surface area contributed by atoms with E-state index in [1.807, 2.05) is 23.9 Å². The Morgan fingerprint density at radius 2 is 1.81 bits per heavy atom. The molecular weight excluding hydrogens is 230 g/mol. The van der Waals surface area contributed by atoms with E-state index in [0.29, 0.717) is 0 Å². The van der Waals surface area contributed by atoms with Gasteiger partial charge in [0, 0.05) is 13.8 Å². The molecule has 0 atom stereocenters. The quantitative estimate of drug-likeness (QED) is 0.579. The van der Waals surface area contributed by atoms with Crippen molar-refractivity contribution in [3.63, 3.8) is 0 Å². The zero-order chi connectivity index (χ0) is 12.0. The molecule has 0 saturated heterocycles. The van der Waals surface area contributed by atoms with Crippen molar-refractivity contribution in [3.8, 4) is 6.07 Å². The molecule has 1 rings (SSSR count). The number of thioether (sulfide) groups is 1. The first-order valence-corrected chi connectivity index (χ1v) is 10.4. The van der Waals surface area contributed by atoms with Gasteiger partial charge in [-0.05, 0) is 29.5 Å². The monoisotopic (exact) mass is 249 g/mol. The first-order chi connectivity index (χ1) is 7.51. The van der Waals surface area contributed by atoms with Crippen LogP contribution in [-0.2, 0) is 5.75 Å². The van der Waals surface area contributed by atoms with Crippen LogP contribution < -0.4 is 0 Å². The Morgan fingerprint density at radius 3 is 2.31 bits per heavy atom. The molecule has 0 spiro atoms. The van der Waals surface area contributed by atoms with Gasteiger partial charge >= 0.3 is 0 Å². The first kappa shape index (κ1) is 13.3. The number of hydrogen-bond donors (Lipinski definition) is 0. The second-order valence-electron chi connectivity index (χ2n) is 5.17. The maximum Gasteiger partial charge on any atom is 0.0991 e. The summed E-state index contributed by atoms with van der Waals surface area (Å²) in [6, 6.07) is 11.4. The van der Waals surface area contributed by atoms with E-state index in [2.05, 4.69) is 37.8 Å². The SMILES string of the molecule is C[Si](C)(C)CCSCc1ccc(C#N)cc1. The van der Waals surface area contributed by atoms with Gasteiger partial charge in [-0.25, -0.2) is 0 Å². The van der Waals surface area contributed by atoms with Crippen molar-refractivity contribution in [2.45, 2.75) is 31.4 Å². The summed E-state index contributed by atoms with van der Waals surface area (Å²) in [6.45, 7) is 7.24. The van der Waals surface area contributed by atoms with Crippen LogP contribution in [0.4, 0.5) is 0 Å². The van der Waals surface area contributed by atoms with Gasteiger partial charge in [0.2, 0.25) is 0 Å². The topological polar surface area (TPSA) is 23.8 Å². The molecule has 0 aromatic heterocycles. The van der Waals surface area contributed by atoms with Gasteiger partial charge in [0.15, 0.2) is 0 Å². The van der Waals surface area contributed by atoms with Crippen molar-refractivity contribution >= 4 is 19.8 Å². The molecule has 0 bridgehead atoms. The third kappa shape index (κ3) is 5.39. The smallest absolute Gasteiger partial charge is 0.0991 e. The van der Waals surface area contributed by atoms with Crippen molar-refractivity contribution in [2.24, 2.45) is 0 Å². The summed E-state index contributed by atoms with van der Waals surface area (Å²) in [5.41, 5.74) is 2.07. The van der Waals surface area contributed by atoms with Gasteiger partial charge in [0.05, 0.1) is 11.6 Å². The van der Waals surface area contributed by atoms with Crippen LogP contribution in [0, 0.1) is 11.3 Å². The van der Waals surface area contributed by atoms with Crippen LogP contribution in [0.3, 0.4) is 0 Å². The van der Waals surface area contributed by atoms with E-state index in [4.69, 9.17) is 5.26 Å². The fourth-order valence-electron chi connectivity index (χ4n) is 1.24. The van der Waals surface area contributed by atoms with Gasteiger partial charge in [-0.2, -0.15) is 17.0 Å². The van der Waals surface area contributed by atoms with Crippen LogP contribution in [0.15, 0.2) is 24.3 Å². The molecule has 0 unspecified atom stereocenters. The number of hydrogen-bond acceptors (Lipinski definition) is 2. The second kappa shape index (κ2) is 6.12. The number of nitriles is 1. The van der Waals surface area contributed by atoms with Crippen molar-refractivity contribution in [2.75, 3.05) is 5.75 Å². The lowest BCUT2D eigenvalue weighted by Gasteiger charge is -2.14. The summed E-state index contributed by atoms with van der Waals surface area (Å²) in [6.07, 6.45) is 0. The Morgan fingerprint density at radius 1 is 1.19 bits per heavy atom.